The number of benzene rings is 19. The Bertz CT molecular complexity index is 8390. The van der Waals surface area contributed by atoms with Crippen LogP contribution in [-0.2, 0) is 0 Å². The van der Waals surface area contributed by atoms with Crippen molar-refractivity contribution in [2.45, 2.75) is 0 Å². The molecule has 0 saturated carbocycles. The van der Waals surface area contributed by atoms with Crippen LogP contribution >= 0.6 is 0 Å². The number of para-hydroxylation sites is 4. The molecule has 0 N–H and O–H groups in total. The minimum atomic E-state index is 0.616. The molecular weight excluding hydrogens is 1470 g/mol. The van der Waals surface area contributed by atoms with E-state index in [1.165, 1.54) is 64.8 Å². The van der Waals surface area contributed by atoms with Gasteiger partial charge in [0.2, 0.25) is 0 Å². The maximum atomic E-state index is 6.89. The highest BCUT2D eigenvalue weighted by molar-refractivity contribution is 6.22. The molecule has 0 unspecified atom stereocenters. The number of aromatic nitrogens is 8. The Hall–Kier alpha value is -16.3. The van der Waals surface area contributed by atoms with E-state index in [9.17, 15) is 0 Å². The average Bonchev–Trinajstić information content (AvgIpc) is 1.56. The summed E-state index contributed by atoms with van der Waals surface area (Å²) in [6.45, 7) is 0. The minimum Gasteiger partial charge on any atom is -0.454 e. The topological polar surface area (TPSA) is 113 Å². The van der Waals surface area contributed by atoms with Crippen molar-refractivity contribution in [2.24, 2.45) is 0 Å². The molecule has 0 aliphatic rings. The van der Waals surface area contributed by atoms with Gasteiger partial charge in [0.25, 0.3) is 0 Å². The lowest BCUT2D eigenvalue weighted by Gasteiger charge is -2.13. The summed E-state index contributed by atoms with van der Waals surface area (Å²) in [6, 6.07) is 141. The molecule has 0 radical (unpaired) electrons. The number of hydrogen-bond acceptors (Lipinski definition) is 8. The molecule has 0 aliphatic heterocycles. The van der Waals surface area contributed by atoms with Gasteiger partial charge in [-0.05, 0) is 137 Å². The molecule has 0 aliphatic carbocycles. The van der Waals surface area contributed by atoms with Gasteiger partial charge in [0.1, 0.15) is 11.2 Å². The second-order valence-corrected chi connectivity index (χ2v) is 30.8. The van der Waals surface area contributed by atoms with Gasteiger partial charge in [-0.3, -0.25) is 0 Å². The van der Waals surface area contributed by atoms with Crippen molar-refractivity contribution in [3.8, 4) is 102 Å². The third-order valence-corrected chi connectivity index (χ3v) is 23.8. The van der Waals surface area contributed by atoms with Crippen LogP contribution in [0.5, 0.6) is 0 Å². The van der Waals surface area contributed by atoms with Crippen LogP contribution in [0.1, 0.15) is 0 Å². The van der Waals surface area contributed by atoms with Crippen LogP contribution in [0.2, 0.25) is 0 Å². The molecule has 120 heavy (non-hydrogen) atoms. The Labute approximate surface area is 687 Å². The van der Waals surface area contributed by atoms with Crippen LogP contribution in [0.4, 0.5) is 0 Å². The summed E-state index contributed by atoms with van der Waals surface area (Å²) < 4.78 is 18.5. The lowest BCUT2D eigenvalue weighted by molar-refractivity contribution is 0.666. The molecule has 0 amide bonds. The van der Waals surface area contributed by atoms with Gasteiger partial charge in [-0.15, -0.1) is 0 Å². The smallest absolute Gasteiger partial charge is 0.164 e. The Balaban J connectivity index is 0.000000137. The molecule has 6 heterocycles. The van der Waals surface area contributed by atoms with Gasteiger partial charge in [0.05, 0.1) is 33.4 Å². The van der Waals surface area contributed by atoms with Gasteiger partial charge in [0.15, 0.2) is 46.1 Å². The van der Waals surface area contributed by atoms with E-state index in [1.807, 2.05) is 42.5 Å². The normalized spacial score (nSPS) is 11.8. The summed E-state index contributed by atoms with van der Waals surface area (Å²) in [7, 11) is 0. The molecule has 0 saturated heterocycles. The van der Waals surface area contributed by atoms with Crippen LogP contribution in [-0.4, -0.2) is 39.0 Å². The summed E-state index contributed by atoms with van der Waals surface area (Å²) in [4.78, 5) is 30.4. The predicted molar refractivity (Wildman–Crippen MR) is 494 cm³/mol. The molecule has 0 spiro atoms. The van der Waals surface area contributed by atoms with Crippen molar-refractivity contribution in [3.63, 3.8) is 0 Å². The molecular formula is C110H66N8O2. The van der Waals surface area contributed by atoms with Crippen molar-refractivity contribution in [3.05, 3.63) is 400 Å². The highest BCUT2D eigenvalue weighted by Gasteiger charge is 2.26. The van der Waals surface area contributed by atoms with E-state index in [-0.39, 0.29) is 0 Å². The standard InChI is InChI=1S/C57H34N4O.C53H32N4O/c1-3-14-40-33-42(27-21-35(40)11-1)56-58-55(59-57(60-56)43-28-22-36-12-2-4-15-41(36)34-43)39-25-23-38(24-26-39)44-31-32-50(54-52(44)48-18-8-10-20-51(48)62-54)61-49-19-9-7-17-46(49)47-30-29-37-13-5-6-16-45(37)53(47)61;1-2-13-35(14-3-1)51-54-52(56-53(55-51)40-27-22-33-12-4-5-15-37(33)30-40)36-25-23-34(24-26-36)41-28-29-46(50-49(41)43-19-9-11-21-48(43)58-50)57-45-20-10-8-18-42(45)44-31-38-16-6-7-17-39(38)32-47(44)57/h1-34H;1-32H. The Morgan fingerprint density at radius 3 is 0.983 bits per heavy atom. The highest BCUT2D eigenvalue weighted by Crippen LogP contribution is 2.47. The fraction of sp³-hybridized carbons (Fsp3) is 0. The molecule has 0 bridgehead atoms. The van der Waals surface area contributed by atoms with E-state index in [4.69, 9.17) is 38.7 Å². The highest BCUT2D eigenvalue weighted by atomic mass is 16.3. The summed E-state index contributed by atoms with van der Waals surface area (Å²) >= 11 is 0. The van der Waals surface area contributed by atoms with Gasteiger partial charge in [-0.25, -0.2) is 29.9 Å². The monoisotopic (exact) mass is 1530 g/mol. The number of nitrogens with zero attached hydrogens (tertiary/aromatic N) is 8. The molecule has 0 atom stereocenters. The first kappa shape index (κ1) is 68.1. The lowest BCUT2D eigenvalue weighted by Crippen LogP contribution is -2.00. The maximum Gasteiger partial charge on any atom is 0.164 e. The largest absolute Gasteiger partial charge is 0.454 e. The first-order chi connectivity index (χ1) is 59.4. The number of fused-ring (bicyclic) bond motifs is 18. The minimum absolute atomic E-state index is 0.616. The fourth-order valence-corrected chi connectivity index (χ4v) is 18.1. The van der Waals surface area contributed by atoms with E-state index in [2.05, 4.69) is 367 Å². The van der Waals surface area contributed by atoms with E-state index < -0.39 is 0 Å². The van der Waals surface area contributed by atoms with E-state index in [0.717, 1.165) is 144 Å². The van der Waals surface area contributed by atoms with Crippen molar-refractivity contribution >= 4 is 141 Å². The molecule has 25 rings (SSSR count). The van der Waals surface area contributed by atoms with Gasteiger partial charge in [-0.2, -0.15) is 0 Å². The Morgan fingerprint density at radius 2 is 0.508 bits per heavy atom. The lowest BCUT2D eigenvalue weighted by atomic mass is 9.97. The maximum absolute atomic E-state index is 6.89. The predicted octanol–water partition coefficient (Wildman–Crippen LogP) is 28.8. The second-order valence-electron chi connectivity index (χ2n) is 30.8. The van der Waals surface area contributed by atoms with Crippen molar-refractivity contribution in [1.29, 1.82) is 0 Å². The average molecular weight is 1530 g/mol. The zero-order valence-corrected chi connectivity index (χ0v) is 64.5. The van der Waals surface area contributed by atoms with Crippen LogP contribution in [0, 0.1) is 0 Å². The van der Waals surface area contributed by atoms with Crippen molar-refractivity contribution < 1.29 is 8.83 Å². The number of rotatable bonds is 10. The second kappa shape index (κ2) is 27.7. The number of furan rings is 2. The number of hydrogen-bond donors (Lipinski definition) is 0. The van der Waals surface area contributed by atoms with Gasteiger partial charge >= 0.3 is 0 Å². The summed E-state index contributed by atoms with van der Waals surface area (Å²) in [5.41, 5.74) is 19.9. The molecule has 6 aromatic heterocycles. The van der Waals surface area contributed by atoms with E-state index in [0.29, 0.717) is 34.9 Å². The van der Waals surface area contributed by atoms with Crippen LogP contribution in [0.25, 0.3) is 243 Å². The van der Waals surface area contributed by atoms with Gasteiger partial charge in [0, 0.05) is 81.9 Å². The molecule has 25 aromatic rings. The third kappa shape index (κ3) is 11.4. The van der Waals surface area contributed by atoms with Crippen LogP contribution < -0.4 is 0 Å². The van der Waals surface area contributed by atoms with Crippen LogP contribution in [0.15, 0.2) is 409 Å². The first-order valence-electron chi connectivity index (χ1n) is 40.4. The first-order valence-corrected chi connectivity index (χ1v) is 40.4. The summed E-state index contributed by atoms with van der Waals surface area (Å²) in [5, 5.41) is 20.9. The SMILES string of the molecule is c1ccc(-c2nc(-c3ccc(-c4ccc(-n5c6ccccc6c6cc7ccccc7cc65)c5oc6ccccc6c45)cc3)nc(-c3ccc4ccccc4c3)n2)cc1.c1ccc2cc(-c3nc(-c4ccc(-c5ccc(-n6c7ccccc7c7ccc8ccccc8c76)c6oc7ccccc7c56)cc4)nc(-c4ccc5ccccc5c4)n3)ccc2c1. The molecule has 10 nitrogen and oxygen atoms in total. The third-order valence-electron chi connectivity index (χ3n) is 23.8. The molecule has 19 aromatic carbocycles. The molecule has 10 heteroatoms. The molecule has 0 fully saturated rings. The fourth-order valence-electron chi connectivity index (χ4n) is 18.1. The van der Waals surface area contributed by atoms with Crippen molar-refractivity contribution in [1.82, 2.24) is 39.0 Å². The van der Waals surface area contributed by atoms with Crippen molar-refractivity contribution in [2.75, 3.05) is 0 Å². The summed E-state index contributed by atoms with van der Waals surface area (Å²) in [5.74, 6) is 3.78. The van der Waals surface area contributed by atoms with Crippen LogP contribution in [0.3, 0.4) is 0 Å². The Morgan fingerprint density at radius 1 is 0.183 bits per heavy atom. The van der Waals surface area contributed by atoms with E-state index >= 15 is 0 Å². The van der Waals surface area contributed by atoms with Gasteiger partial charge in [-0.1, -0.05) is 334 Å². The Kier molecular flexibility index (Phi) is 15.7. The zero-order valence-electron chi connectivity index (χ0n) is 64.5. The molecule has 558 valence electrons. The quantitative estimate of drug-likeness (QED) is 0.133. The summed E-state index contributed by atoms with van der Waals surface area (Å²) in [6.07, 6.45) is 0. The zero-order chi connectivity index (χ0) is 78.9. The van der Waals surface area contributed by atoms with E-state index in [1.54, 1.807) is 0 Å². The van der Waals surface area contributed by atoms with Gasteiger partial charge < -0.3 is 18.0 Å².